The topological polar surface area (TPSA) is 63.2 Å². The van der Waals surface area contributed by atoms with Gasteiger partial charge in [-0.2, -0.15) is 0 Å². The first-order valence-corrected chi connectivity index (χ1v) is 6.76. The van der Waals surface area contributed by atoms with E-state index in [0.717, 1.165) is 23.0 Å². The molecule has 1 aromatic carbocycles. The Balaban J connectivity index is 1.71. The number of amides is 1. The predicted octanol–water partition coefficient (Wildman–Crippen LogP) is 1.55. The second-order valence-corrected chi connectivity index (χ2v) is 4.88. The summed E-state index contributed by atoms with van der Waals surface area (Å²) in [6, 6.07) is 7.86. The fourth-order valence-electron chi connectivity index (χ4n) is 2.40. The van der Waals surface area contributed by atoms with Gasteiger partial charge in [0.2, 0.25) is 5.91 Å². The van der Waals surface area contributed by atoms with Crippen LogP contribution in [0.2, 0.25) is 0 Å². The lowest BCUT2D eigenvalue weighted by Gasteiger charge is -2.23. The third kappa shape index (κ3) is 2.95. The van der Waals surface area contributed by atoms with Crippen molar-refractivity contribution in [2.75, 3.05) is 25.1 Å². The molecular weight excluding hydrogens is 254 g/mol. The molecule has 1 aliphatic rings. The zero-order valence-electron chi connectivity index (χ0n) is 11.1. The number of fused-ring (bicyclic) bond motifs is 1. The van der Waals surface area contributed by atoms with Gasteiger partial charge < -0.3 is 15.4 Å². The van der Waals surface area contributed by atoms with Crippen LogP contribution >= 0.6 is 0 Å². The van der Waals surface area contributed by atoms with Crippen LogP contribution in [0.3, 0.4) is 0 Å². The number of pyridine rings is 1. The van der Waals surface area contributed by atoms with Crippen LogP contribution in [0.1, 0.15) is 6.42 Å². The lowest BCUT2D eigenvalue weighted by molar-refractivity contribution is -0.117. The number of ether oxygens (including phenoxy) is 1. The maximum Gasteiger partial charge on any atom is 0.226 e. The van der Waals surface area contributed by atoms with Crippen LogP contribution in [0, 0.1) is 0 Å². The van der Waals surface area contributed by atoms with E-state index in [-0.39, 0.29) is 11.9 Å². The fourth-order valence-corrected chi connectivity index (χ4v) is 2.40. The first-order chi connectivity index (χ1) is 9.83. The molecule has 1 aliphatic heterocycles. The van der Waals surface area contributed by atoms with Crippen LogP contribution in [0.25, 0.3) is 10.8 Å². The lowest BCUT2D eigenvalue weighted by Crippen LogP contribution is -2.43. The Morgan fingerprint density at radius 3 is 3.25 bits per heavy atom. The zero-order chi connectivity index (χ0) is 13.8. The molecule has 1 unspecified atom stereocenters. The molecule has 0 bridgehead atoms. The molecule has 1 amide bonds. The molecule has 1 atom stereocenters. The van der Waals surface area contributed by atoms with E-state index >= 15 is 0 Å². The van der Waals surface area contributed by atoms with E-state index in [1.165, 1.54) is 0 Å². The molecule has 2 aromatic rings. The monoisotopic (exact) mass is 271 g/mol. The van der Waals surface area contributed by atoms with Gasteiger partial charge in [-0.3, -0.25) is 9.78 Å². The molecule has 0 spiro atoms. The third-order valence-corrected chi connectivity index (χ3v) is 3.39. The van der Waals surface area contributed by atoms with E-state index in [0.29, 0.717) is 19.6 Å². The number of hydrogen-bond acceptors (Lipinski definition) is 4. The Hall–Kier alpha value is -1.98. The van der Waals surface area contributed by atoms with Gasteiger partial charge in [-0.1, -0.05) is 12.1 Å². The Kier molecular flexibility index (Phi) is 3.90. The highest BCUT2D eigenvalue weighted by molar-refractivity contribution is 6.01. The van der Waals surface area contributed by atoms with Crippen LogP contribution in [-0.4, -0.2) is 36.7 Å². The zero-order valence-corrected chi connectivity index (χ0v) is 11.1. The highest BCUT2D eigenvalue weighted by Crippen LogP contribution is 2.22. The number of nitrogens with one attached hydrogen (secondary N) is 2. The molecule has 104 valence electrons. The number of rotatable bonds is 3. The summed E-state index contributed by atoms with van der Waals surface area (Å²) < 4.78 is 5.35. The summed E-state index contributed by atoms with van der Waals surface area (Å²) in [5.74, 6) is -0.00986. The average Bonchev–Trinajstić information content (AvgIpc) is 2.48. The molecule has 5 heteroatoms. The Bertz CT molecular complexity index is 604. The summed E-state index contributed by atoms with van der Waals surface area (Å²) in [4.78, 5) is 16.2. The van der Waals surface area contributed by atoms with Crippen LogP contribution in [0.15, 0.2) is 36.7 Å². The van der Waals surface area contributed by atoms with Gasteiger partial charge in [0.25, 0.3) is 0 Å². The molecule has 3 rings (SSSR count). The molecule has 0 saturated carbocycles. The Labute approximate surface area is 117 Å². The molecule has 1 fully saturated rings. The minimum atomic E-state index is -0.00986. The average molecular weight is 271 g/mol. The van der Waals surface area contributed by atoms with E-state index < -0.39 is 0 Å². The second kappa shape index (κ2) is 5.98. The summed E-state index contributed by atoms with van der Waals surface area (Å²) in [7, 11) is 0. The molecule has 2 N–H and O–H groups in total. The SMILES string of the molecule is O=C(CC1COCCN1)Nc1cccc2ccncc12. The third-order valence-electron chi connectivity index (χ3n) is 3.39. The molecule has 0 aliphatic carbocycles. The molecule has 5 nitrogen and oxygen atoms in total. The molecular formula is C15H17N3O2. The van der Waals surface area contributed by atoms with Gasteiger partial charge >= 0.3 is 0 Å². The van der Waals surface area contributed by atoms with Gasteiger partial charge in [-0.05, 0) is 17.5 Å². The van der Waals surface area contributed by atoms with Gasteiger partial charge in [-0.15, -0.1) is 0 Å². The van der Waals surface area contributed by atoms with Crippen molar-refractivity contribution in [2.24, 2.45) is 0 Å². The van der Waals surface area contributed by atoms with Crippen molar-refractivity contribution in [1.82, 2.24) is 10.3 Å². The molecule has 1 aromatic heterocycles. The largest absolute Gasteiger partial charge is 0.378 e. The summed E-state index contributed by atoms with van der Waals surface area (Å²) in [6.07, 6.45) is 3.93. The number of nitrogens with zero attached hydrogens (tertiary/aromatic N) is 1. The van der Waals surface area contributed by atoms with E-state index in [1.807, 2.05) is 24.3 Å². The van der Waals surface area contributed by atoms with E-state index in [9.17, 15) is 4.79 Å². The standard InChI is InChI=1S/C15H17N3O2/c19-15(8-12-10-20-7-6-17-12)18-14-3-1-2-11-4-5-16-9-13(11)14/h1-5,9,12,17H,6-8,10H2,(H,18,19). The van der Waals surface area contributed by atoms with Gasteiger partial charge in [-0.25, -0.2) is 0 Å². The van der Waals surface area contributed by atoms with Crippen molar-refractivity contribution in [3.63, 3.8) is 0 Å². The first kappa shape index (κ1) is 13.0. The summed E-state index contributed by atoms with van der Waals surface area (Å²) in [5, 5.41) is 8.25. The normalized spacial score (nSPS) is 18.9. The molecule has 2 heterocycles. The summed E-state index contributed by atoms with van der Waals surface area (Å²) >= 11 is 0. The summed E-state index contributed by atoms with van der Waals surface area (Å²) in [6.45, 7) is 2.10. The number of carbonyl (C=O) groups is 1. The van der Waals surface area contributed by atoms with E-state index in [1.54, 1.807) is 12.4 Å². The highest BCUT2D eigenvalue weighted by atomic mass is 16.5. The Morgan fingerprint density at radius 1 is 1.45 bits per heavy atom. The summed E-state index contributed by atoms with van der Waals surface area (Å²) in [5.41, 5.74) is 0.803. The molecule has 0 radical (unpaired) electrons. The van der Waals surface area contributed by atoms with Gasteiger partial charge in [0.1, 0.15) is 0 Å². The first-order valence-electron chi connectivity index (χ1n) is 6.76. The highest BCUT2D eigenvalue weighted by Gasteiger charge is 2.17. The van der Waals surface area contributed by atoms with Gasteiger partial charge in [0.05, 0.1) is 18.9 Å². The van der Waals surface area contributed by atoms with Crippen LogP contribution in [-0.2, 0) is 9.53 Å². The van der Waals surface area contributed by atoms with Crippen molar-refractivity contribution < 1.29 is 9.53 Å². The number of carbonyl (C=O) groups excluding carboxylic acids is 1. The smallest absolute Gasteiger partial charge is 0.226 e. The minimum Gasteiger partial charge on any atom is -0.378 e. The van der Waals surface area contributed by atoms with Gasteiger partial charge in [0, 0.05) is 36.8 Å². The molecule has 1 saturated heterocycles. The number of aromatic nitrogens is 1. The van der Waals surface area contributed by atoms with Crippen molar-refractivity contribution in [2.45, 2.75) is 12.5 Å². The lowest BCUT2D eigenvalue weighted by atomic mass is 10.1. The maximum atomic E-state index is 12.1. The van der Waals surface area contributed by atoms with Crippen LogP contribution in [0.4, 0.5) is 5.69 Å². The van der Waals surface area contributed by atoms with Crippen molar-refractivity contribution in [1.29, 1.82) is 0 Å². The van der Waals surface area contributed by atoms with Crippen molar-refractivity contribution >= 4 is 22.4 Å². The number of hydrogen-bond donors (Lipinski definition) is 2. The number of benzene rings is 1. The van der Waals surface area contributed by atoms with Crippen LogP contribution < -0.4 is 10.6 Å². The van der Waals surface area contributed by atoms with E-state index in [4.69, 9.17) is 4.74 Å². The van der Waals surface area contributed by atoms with E-state index in [2.05, 4.69) is 15.6 Å². The predicted molar refractivity (Wildman–Crippen MR) is 77.6 cm³/mol. The molecule has 20 heavy (non-hydrogen) atoms. The van der Waals surface area contributed by atoms with Crippen molar-refractivity contribution in [3.8, 4) is 0 Å². The number of morpholine rings is 1. The fraction of sp³-hybridized carbons (Fsp3) is 0.333. The maximum absolute atomic E-state index is 12.1. The number of anilines is 1. The Morgan fingerprint density at radius 2 is 2.40 bits per heavy atom. The minimum absolute atomic E-state index is 0.00986. The second-order valence-electron chi connectivity index (χ2n) is 4.88. The van der Waals surface area contributed by atoms with Crippen LogP contribution in [0.5, 0.6) is 0 Å². The van der Waals surface area contributed by atoms with Crippen molar-refractivity contribution in [3.05, 3.63) is 36.7 Å². The quantitative estimate of drug-likeness (QED) is 0.889. The van der Waals surface area contributed by atoms with Gasteiger partial charge in [0.15, 0.2) is 0 Å².